The van der Waals surface area contributed by atoms with Crippen molar-refractivity contribution in [2.45, 2.75) is 6.92 Å². The molecule has 0 amide bonds. The number of aromatic nitrogens is 4. The third kappa shape index (κ3) is 5.39. The number of carbonyl (C=O) groups is 1. The number of pyridine rings is 1. The Morgan fingerprint density at radius 1 is 1.15 bits per heavy atom. The first-order valence-corrected chi connectivity index (χ1v) is 13.8. The predicted octanol–water partition coefficient (Wildman–Crippen LogP) is 5.48. The van der Waals surface area contributed by atoms with Crippen molar-refractivity contribution < 1.29 is 22.3 Å². The lowest BCUT2D eigenvalue weighted by Gasteiger charge is -2.11. The van der Waals surface area contributed by atoms with Gasteiger partial charge in [0.1, 0.15) is 17.4 Å². The molecule has 0 spiro atoms. The van der Waals surface area contributed by atoms with Crippen LogP contribution < -0.4 is 15.2 Å². The molecule has 0 radical (unpaired) electrons. The van der Waals surface area contributed by atoms with E-state index in [1.54, 1.807) is 31.2 Å². The van der Waals surface area contributed by atoms with Crippen LogP contribution in [0.5, 0.6) is 11.6 Å². The van der Waals surface area contributed by atoms with E-state index in [0.29, 0.717) is 37.9 Å². The minimum Gasteiger partial charge on any atom is -0.437 e. The Bertz CT molecular complexity index is 1890. The summed E-state index contributed by atoms with van der Waals surface area (Å²) in [7, 11) is -3.70. The number of halogens is 3. The van der Waals surface area contributed by atoms with Gasteiger partial charge in [0.15, 0.2) is 0 Å². The molecule has 4 N–H and O–H groups in total. The van der Waals surface area contributed by atoms with Crippen molar-refractivity contribution in [1.82, 2.24) is 19.7 Å². The van der Waals surface area contributed by atoms with Crippen LogP contribution in [0.25, 0.3) is 16.6 Å². The van der Waals surface area contributed by atoms with Crippen molar-refractivity contribution in [3.63, 3.8) is 0 Å². The van der Waals surface area contributed by atoms with Gasteiger partial charge in [0.2, 0.25) is 21.7 Å². The van der Waals surface area contributed by atoms with E-state index in [1.165, 1.54) is 29.2 Å². The highest BCUT2D eigenvalue weighted by molar-refractivity contribution is 7.92. The van der Waals surface area contributed by atoms with E-state index in [0.717, 1.165) is 12.3 Å². The summed E-state index contributed by atoms with van der Waals surface area (Å²) in [6.45, 7) is 1.79. The molecule has 0 unspecified atom stereocenters. The average Bonchev–Trinajstić information content (AvgIpc) is 3.43. The van der Waals surface area contributed by atoms with Gasteiger partial charge in [-0.1, -0.05) is 23.2 Å². The summed E-state index contributed by atoms with van der Waals surface area (Å²) < 4.78 is 46.6. The summed E-state index contributed by atoms with van der Waals surface area (Å²) in [5, 5.41) is 5.45. The van der Waals surface area contributed by atoms with Crippen molar-refractivity contribution >= 4 is 61.4 Å². The van der Waals surface area contributed by atoms with Gasteiger partial charge in [0.05, 0.1) is 46.3 Å². The van der Waals surface area contributed by atoms with E-state index >= 15 is 0 Å². The van der Waals surface area contributed by atoms with Crippen LogP contribution in [0.3, 0.4) is 0 Å². The van der Waals surface area contributed by atoms with Gasteiger partial charge in [-0.2, -0.15) is 5.10 Å². The third-order valence-electron chi connectivity index (χ3n) is 5.69. The number of ether oxygens (including phenoxy) is 1. The van der Waals surface area contributed by atoms with Crippen LogP contribution in [0, 0.1) is 12.7 Å². The molecule has 3 heterocycles. The molecule has 14 heteroatoms. The average molecular weight is 589 g/mol. The maximum atomic E-state index is 14.4. The molecular formula is C25H19Cl2FN6O4S. The maximum absolute atomic E-state index is 14.4. The van der Waals surface area contributed by atoms with Gasteiger partial charge in [-0.15, -0.1) is 0 Å². The van der Waals surface area contributed by atoms with E-state index in [1.807, 2.05) is 0 Å². The molecular weight excluding hydrogens is 570 g/mol. The lowest BCUT2D eigenvalue weighted by atomic mass is 10.1. The van der Waals surface area contributed by atoms with Crippen molar-refractivity contribution in [2.24, 2.45) is 0 Å². The molecule has 0 bridgehead atoms. The number of benzene rings is 2. The van der Waals surface area contributed by atoms with E-state index in [-0.39, 0.29) is 28.6 Å². The molecule has 0 saturated heterocycles. The number of hydrogen-bond acceptors (Lipinski definition) is 7. The zero-order chi connectivity index (χ0) is 28.1. The lowest BCUT2D eigenvalue weighted by molar-refractivity contribution is 0.103. The van der Waals surface area contributed by atoms with Crippen molar-refractivity contribution in [3.8, 4) is 17.3 Å². The first-order chi connectivity index (χ1) is 18.4. The lowest BCUT2D eigenvalue weighted by Crippen LogP contribution is -2.10. The predicted molar refractivity (Wildman–Crippen MR) is 147 cm³/mol. The summed E-state index contributed by atoms with van der Waals surface area (Å²) >= 11 is 12.2. The number of fused-ring (bicyclic) bond motifs is 1. The summed E-state index contributed by atoms with van der Waals surface area (Å²) in [6, 6.07) is 10.3. The molecule has 10 nitrogen and oxygen atoms in total. The highest BCUT2D eigenvalue weighted by Crippen LogP contribution is 2.32. The Balaban J connectivity index is 1.43. The maximum Gasteiger partial charge on any atom is 0.229 e. The number of nitrogens with zero attached hydrogens (tertiary/aromatic N) is 3. The minimum atomic E-state index is -3.70. The molecule has 0 aliphatic rings. The Morgan fingerprint density at radius 2 is 1.92 bits per heavy atom. The number of nitrogens with two attached hydrogens (primary N) is 1. The molecule has 5 aromatic rings. The fourth-order valence-electron chi connectivity index (χ4n) is 3.89. The molecule has 3 aromatic heterocycles. The minimum absolute atomic E-state index is 0.0562. The number of H-pyrrole nitrogens is 1. The van der Waals surface area contributed by atoms with Gasteiger partial charge in [-0.3, -0.25) is 9.52 Å². The summed E-state index contributed by atoms with van der Waals surface area (Å²) in [6.07, 6.45) is 3.71. The Kier molecular flexibility index (Phi) is 6.70. The topological polar surface area (TPSA) is 145 Å². The second-order valence-corrected chi connectivity index (χ2v) is 11.2. The summed E-state index contributed by atoms with van der Waals surface area (Å²) in [4.78, 5) is 20.4. The molecule has 0 aliphatic heterocycles. The fraction of sp³-hybridized carbons (Fsp3) is 0.0800. The highest BCUT2D eigenvalue weighted by atomic mass is 35.5. The van der Waals surface area contributed by atoms with Crippen LogP contribution in [0.1, 0.15) is 21.6 Å². The number of nitrogens with one attached hydrogen (secondary N) is 2. The van der Waals surface area contributed by atoms with Gasteiger partial charge in [0.25, 0.3) is 0 Å². The van der Waals surface area contributed by atoms with Gasteiger partial charge in [-0.05, 0) is 42.8 Å². The molecule has 5 rings (SSSR count). The quantitative estimate of drug-likeness (QED) is 0.213. The number of hydrogen-bond donors (Lipinski definition) is 3. The monoisotopic (exact) mass is 588 g/mol. The summed E-state index contributed by atoms with van der Waals surface area (Å²) in [5.41, 5.74) is 7.81. The van der Waals surface area contributed by atoms with Crippen LogP contribution in [0.15, 0.2) is 54.9 Å². The number of sulfonamides is 1. The standard InChI is InChI=1S/C25H19Cl2FN6O4S/c1-12-5-23(38-22-8-14(26)3-4-16(22)27)30-11-21(12)34-25(29)15(10-31-34)24(35)20-7-13-6-17(28)19(9-18(13)32-20)33-39(2,36)37/h3-11,32-33H,29H2,1-2H3. The fourth-order valence-corrected chi connectivity index (χ4v) is 4.77. The number of rotatable bonds is 7. The largest absolute Gasteiger partial charge is 0.437 e. The van der Waals surface area contributed by atoms with Gasteiger partial charge in [-0.25, -0.2) is 22.5 Å². The molecule has 0 saturated carbocycles. The molecule has 2 aromatic carbocycles. The molecule has 200 valence electrons. The summed E-state index contributed by atoms with van der Waals surface area (Å²) in [5.74, 6) is -0.619. The number of nitrogen functional groups attached to an aromatic ring is 1. The van der Waals surface area contributed by atoms with Crippen LogP contribution in [-0.2, 0) is 10.0 Å². The van der Waals surface area contributed by atoms with Crippen LogP contribution in [0.4, 0.5) is 15.9 Å². The molecule has 0 fully saturated rings. The number of aryl methyl sites for hydroxylation is 1. The number of anilines is 2. The van der Waals surface area contributed by atoms with Gasteiger partial charge in [0, 0.05) is 28.1 Å². The zero-order valence-electron chi connectivity index (χ0n) is 20.3. The second kappa shape index (κ2) is 9.88. The Hall–Kier alpha value is -4.13. The number of aromatic amines is 1. The van der Waals surface area contributed by atoms with E-state index in [2.05, 4.69) is 19.8 Å². The highest BCUT2D eigenvalue weighted by Gasteiger charge is 2.21. The smallest absolute Gasteiger partial charge is 0.229 e. The molecule has 0 atom stereocenters. The molecule has 0 aliphatic carbocycles. The number of ketones is 1. The third-order valence-corrected chi connectivity index (χ3v) is 6.83. The Morgan fingerprint density at radius 3 is 2.64 bits per heavy atom. The van der Waals surface area contributed by atoms with E-state index in [9.17, 15) is 17.6 Å². The normalized spacial score (nSPS) is 11.6. The number of carbonyl (C=O) groups excluding carboxylic acids is 1. The SMILES string of the molecule is Cc1cc(Oc2cc(Cl)ccc2Cl)ncc1-n1ncc(C(=O)c2cc3cc(F)c(NS(C)(=O)=O)cc3[nH]2)c1N. The first kappa shape index (κ1) is 26.5. The van der Waals surface area contributed by atoms with Crippen molar-refractivity contribution in [1.29, 1.82) is 0 Å². The van der Waals surface area contributed by atoms with Crippen LogP contribution in [-0.4, -0.2) is 40.2 Å². The van der Waals surface area contributed by atoms with Gasteiger partial charge < -0.3 is 15.5 Å². The second-order valence-electron chi connectivity index (χ2n) is 8.65. The van der Waals surface area contributed by atoms with Gasteiger partial charge >= 0.3 is 0 Å². The zero-order valence-corrected chi connectivity index (χ0v) is 22.6. The van der Waals surface area contributed by atoms with E-state index in [4.69, 9.17) is 33.7 Å². The molecule has 39 heavy (non-hydrogen) atoms. The van der Waals surface area contributed by atoms with Crippen molar-refractivity contribution in [2.75, 3.05) is 16.7 Å². The van der Waals surface area contributed by atoms with Crippen LogP contribution >= 0.6 is 23.2 Å². The van der Waals surface area contributed by atoms with E-state index < -0.39 is 21.6 Å². The van der Waals surface area contributed by atoms with Crippen LogP contribution in [0.2, 0.25) is 10.0 Å². The Labute approximate surface area is 231 Å². The first-order valence-electron chi connectivity index (χ1n) is 11.2. The van der Waals surface area contributed by atoms with Crippen molar-refractivity contribution in [3.05, 3.63) is 87.5 Å².